The van der Waals surface area contributed by atoms with Crippen molar-refractivity contribution >= 4 is 10.0 Å². The number of aromatic nitrogens is 4. The van der Waals surface area contributed by atoms with Gasteiger partial charge in [-0.25, -0.2) is 27.2 Å². The maximum atomic E-state index is 13.8. The van der Waals surface area contributed by atoms with Crippen molar-refractivity contribution in [1.82, 2.24) is 24.4 Å². The summed E-state index contributed by atoms with van der Waals surface area (Å²) >= 11 is 0. The molecule has 26 heavy (non-hydrogen) atoms. The Morgan fingerprint density at radius 1 is 1.12 bits per heavy atom. The molecule has 3 aromatic rings. The summed E-state index contributed by atoms with van der Waals surface area (Å²) in [6, 6.07) is 3.99. The Labute approximate surface area is 146 Å². The second kappa shape index (κ2) is 6.18. The van der Waals surface area contributed by atoms with Crippen molar-refractivity contribution in [3.05, 3.63) is 54.2 Å². The van der Waals surface area contributed by atoms with E-state index in [-0.39, 0.29) is 30.7 Å². The Hall–Kier alpha value is -2.79. The number of nitrogens with zero attached hydrogens (tertiary/aromatic N) is 5. The fourth-order valence-corrected chi connectivity index (χ4v) is 4.10. The summed E-state index contributed by atoms with van der Waals surface area (Å²) in [5.41, 5.74) is 0. The lowest BCUT2D eigenvalue weighted by molar-refractivity contribution is 0.216. The van der Waals surface area contributed by atoms with E-state index >= 15 is 0 Å². The molecule has 8 nitrogen and oxygen atoms in total. The van der Waals surface area contributed by atoms with E-state index in [1.165, 1.54) is 12.4 Å². The molecule has 0 unspecified atom stereocenters. The van der Waals surface area contributed by atoms with Crippen LogP contribution in [0.25, 0.3) is 11.6 Å². The van der Waals surface area contributed by atoms with Gasteiger partial charge in [-0.15, -0.1) is 0 Å². The van der Waals surface area contributed by atoms with Crippen LogP contribution in [0.15, 0.2) is 46.1 Å². The summed E-state index contributed by atoms with van der Waals surface area (Å²) in [4.78, 5) is 11.6. The molecule has 4 rings (SSSR count). The quantitative estimate of drug-likeness (QED) is 0.678. The molecule has 0 N–H and O–H groups in total. The zero-order valence-electron chi connectivity index (χ0n) is 13.1. The normalized spacial score (nSPS) is 15.8. The van der Waals surface area contributed by atoms with Gasteiger partial charge >= 0.3 is 0 Å². The Kier molecular flexibility index (Phi) is 3.96. The van der Waals surface area contributed by atoms with E-state index in [0.29, 0.717) is 11.9 Å². The number of benzene rings is 1. The van der Waals surface area contributed by atoms with Crippen molar-refractivity contribution in [2.45, 2.75) is 10.8 Å². The average molecular weight is 379 g/mol. The van der Waals surface area contributed by atoms with Crippen molar-refractivity contribution in [2.24, 2.45) is 0 Å². The first kappa shape index (κ1) is 16.7. The molecule has 2 aromatic heterocycles. The predicted molar refractivity (Wildman–Crippen MR) is 83.2 cm³/mol. The topological polar surface area (TPSA) is 102 Å². The van der Waals surface area contributed by atoms with Crippen LogP contribution in [0.3, 0.4) is 0 Å². The van der Waals surface area contributed by atoms with Crippen molar-refractivity contribution in [3.63, 3.8) is 0 Å². The lowest BCUT2D eigenvalue weighted by Crippen LogP contribution is -2.48. The molecule has 0 radical (unpaired) electrons. The second-order valence-electron chi connectivity index (χ2n) is 5.62. The zero-order chi connectivity index (χ0) is 18.3. The van der Waals surface area contributed by atoms with Crippen LogP contribution < -0.4 is 0 Å². The fourth-order valence-electron chi connectivity index (χ4n) is 2.52. The Morgan fingerprint density at radius 2 is 1.85 bits per heavy atom. The van der Waals surface area contributed by atoms with Crippen molar-refractivity contribution < 1.29 is 21.7 Å². The molecule has 134 valence electrons. The third kappa shape index (κ3) is 2.84. The van der Waals surface area contributed by atoms with Gasteiger partial charge in [-0.2, -0.15) is 9.29 Å². The second-order valence-corrected chi connectivity index (χ2v) is 7.53. The number of rotatable bonds is 4. The minimum atomic E-state index is -4.06. The third-order valence-corrected chi connectivity index (χ3v) is 5.78. The van der Waals surface area contributed by atoms with E-state index in [1.54, 1.807) is 6.07 Å². The van der Waals surface area contributed by atoms with Crippen LogP contribution >= 0.6 is 0 Å². The monoisotopic (exact) mass is 379 g/mol. The minimum Gasteiger partial charge on any atom is -0.338 e. The summed E-state index contributed by atoms with van der Waals surface area (Å²) in [6.07, 6.45) is 3.07. The Bertz CT molecular complexity index is 1050. The first-order valence-electron chi connectivity index (χ1n) is 7.51. The molecule has 0 spiro atoms. The highest BCUT2D eigenvalue weighted by Gasteiger charge is 2.41. The third-order valence-electron chi connectivity index (χ3n) is 3.92. The van der Waals surface area contributed by atoms with Crippen molar-refractivity contribution in [2.75, 3.05) is 13.1 Å². The standard InChI is InChI=1S/C15H11F2N5O3S/c16-10-2-3-12(11(17)6-10)26(23,24)22-7-9(8-22)15-20-14(21-25-15)13-18-4-1-5-19-13/h1-6,9H,7-8H2. The van der Waals surface area contributed by atoms with Crippen LogP contribution in [0, 0.1) is 11.6 Å². The van der Waals surface area contributed by atoms with Crippen LogP contribution in [0.1, 0.15) is 11.8 Å². The maximum absolute atomic E-state index is 13.8. The summed E-state index contributed by atoms with van der Waals surface area (Å²) in [5, 5.41) is 3.78. The largest absolute Gasteiger partial charge is 0.338 e. The average Bonchev–Trinajstić information content (AvgIpc) is 3.03. The van der Waals surface area contributed by atoms with Crippen LogP contribution in [-0.2, 0) is 10.0 Å². The molecular formula is C15H11F2N5O3S. The molecule has 0 aliphatic carbocycles. The first-order chi connectivity index (χ1) is 12.4. The lowest BCUT2D eigenvalue weighted by Gasteiger charge is -2.35. The minimum absolute atomic E-state index is 0.0520. The molecular weight excluding hydrogens is 368 g/mol. The number of hydrogen-bond donors (Lipinski definition) is 0. The number of hydrogen-bond acceptors (Lipinski definition) is 7. The molecule has 1 aliphatic heterocycles. The van der Waals surface area contributed by atoms with Crippen LogP contribution in [0.2, 0.25) is 0 Å². The molecule has 1 saturated heterocycles. The molecule has 0 amide bonds. The molecule has 0 saturated carbocycles. The first-order valence-corrected chi connectivity index (χ1v) is 8.95. The van der Waals surface area contributed by atoms with Gasteiger partial charge in [0.1, 0.15) is 16.5 Å². The predicted octanol–water partition coefficient (Wildman–Crippen LogP) is 1.59. The van der Waals surface area contributed by atoms with Crippen molar-refractivity contribution in [1.29, 1.82) is 0 Å². The van der Waals surface area contributed by atoms with E-state index < -0.39 is 26.6 Å². The van der Waals surface area contributed by atoms with Gasteiger partial charge in [0.15, 0.2) is 0 Å². The Balaban J connectivity index is 1.49. The highest BCUT2D eigenvalue weighted by molar-refractivity contribution is 7.89. The highest BCUT2D eigenvalue weighted by Crippen LogP contribution is 2.32. The van der Waals surface area contributed by atoms with Crippen LogP contribution in [-0.4, -0.2) is 45.9 Å². The SMILES string of the molecule is O=S(=O)(c1ccc(F)cc1F)N1CC(c2nc(-c3ncccn3)no2)C1. The van der Waals surface area contributed by atoms with Crippen molar-refractivity contribution in [3.8, 4) is 11.6 Å². The van der Waals surface area contributed by atoms with Gasteiger partial charge in [0.05, 0.1) is 5.92 Å². The van der Waals surface area contributed by atoms with Gasteiger partial charge in [-0.1, -0.05) is 5.16 Å². The highest BCUT2D eigenvalue weighted by atomic mass is 32.2. The number of halogens is 2. The van der Waals surface area contributed by atoms with Gasteiger partial charge in [0, 0.05) is 31.5 Å². The van der Waals surface area contributed by atoms with E-state index in [9.17, 15) is 17.2 Å². The van der Waals surface area contributed by atoms with E-state index in [4.69, 9.17) is 4.52 Å². The van der Waals surface area contributed by atoms with Gasteiger partial charge < -0.3 is 4.52 Å². The molecule has 0 bridgehead atoms. The molecule has 1 fully saturated rings. The van der Waals surface area contributed by atoms with Gasteiger partial charge in [0.2, 0.25) is 27.6 Å². The maximum Gasteiger partial charge on any atom is 0.246 e. The number of sulfonamides is 1. The summed E-state index contributed by atoms with van der Waals surface area (Å²) in [7, 11) is -4.06. The van der Waals surface area contributed by atoms with Gasteiger partial charge in [-0.05, 0) is 18.2 Å². The zero-order valence-corrected chi connectivity index (χ0v) is 13.9. The molecule has 11 heteroatoms. The summed E-state index contributed by atoms with van der Waals surface area (Å²) in [6.45, 7) is 0.104. The van der Waals surface area contributed by atoms with Crippen LogP contribution in [0.4, 0.5) is 8.78 Å². The molecule has 1 aromatic carbocycles. The van der Waals surface area contributed by atoms with E-state index in [1.807, 2.05) is 0 Å². The summed E-state index contributed by atoms with van der Waals surface area (Å²) < 4.78 is 57.8. The molecule has 3 heterocycles. The Morgan fingerprint density at radius 3 is 2.54 bits per heavy atom. The lowest BCUT2D eigenvalue weighted by atomic mass is 10.0. The fraction of sp³-hybridized carbons (Fsp3) is 0.200. The summed E-state index contributed by atoms with van der Waals surface area (Å²) in [5.74, 6) is -1.55. The molecule has 0 atom stereocenters. The smallest absolute Gasteiger partial charge is 0.246 e. The van der Waals surface area contributed by atoms with Gasteiger partial charge in [0.25, 0.3) is 0 Å². The molecule has 1 aliphatic rings. The van der Waals surface area contributed by atoms with E-state index in [2.05, 4.69) is 20.1 Å². The van der Waals surface area contributed by atoms with Gasteiger partial charge in [-0.3, -0.25) is 0 Å². The van der Waals surface area contributed by atoms with Crippen LogP contribution in [0.5, 0.6) is 0 Å². The van der Waals surface area contributed by atoms with E-state index in [0.717, 1.165) is 16.4 Å².